The molecule has 1 amide bonds. The number of carbonyl (C=O) groups excluding carboxylic acids is 1. The van der Waals surface area contributed by atoms with Crippen LogP contribution in [0.2, 0.25) is 0 Å². The Hall–Kier alpha value is -1.11. The number of carboxylic acid groups (broad SMARTS) is 1. The first-order valence-electron chi connectivity index (χ1n) is 4.86. The van der Waals surface area contributed by atoms with Crippen molar-refractivity contribution in [2.24, 2.45) is 5.41 Å². The third kappa shape index (κ3) is 2.18. The molecule has 0 aliphatic carbocycles. The molecule has 1 fully saturated rings. The molecule has 1 heterocycles. The number of nitrogens with zero attached hydrogens (tertiary/aromatic N) is 1. The lowest BCUT2D eigenvalue weighted by Gasteiger charge is -2.22. The molecule has 1 aliphatic heterocycles. The molecule has 1 unspecified atom stereocenters. The van der Waals surface area contributed by atoms with E-state index in [9.17, 15) is 18.0 Å². The molecule has 0 aromatic carbocycles. The van der Waals surface area contributed by atoms with Crippen LogP contribution in [0.15, 0.2) is 0 Å². The van der Waals surface area contributed by atoms with Gasteiger partial charge in [0.1, 0.15) is 0 Å². The molecule has 0 aromatic rings. The molecule has 0 spiro atoms. The number of amides is 1. The average molecular weight is 249 g/mol. The lowest BCUT2D eigenvalue weighted by atomic mass is 9.95. The molecule has 7 heteroatoms. The Bertz CT molecular complexity index is 425. The average Bonchev–Trinajstić information content (AvgIpc) is 2.14. The Balaban J connectivity index is 3.04. The minimum atomic E-state index is -3.67. The van der Waals surface area contributed by atoms with Crippen molar-refractivity contribution in [1.82, 2.24) is 4.31 Å². The zero-order valence-electron chi connectivity index (χ0n) is 9.43. The Morgan fingerprint density at radius 2 is 2.06 bits per heavy atom. The maximum atomic E-state index is 11.8. The van der Waals surface area contributed by atoms with Crippen molar-refractivity contribution in [1.29, 1.82) is 0 Å². The second kappa shape index (κ2) is 3.73. The molecule has 92 valence electrons. The number of aliphatic carboxylic acids is 1. The number of hydrogen-bond donors (Lipinski definition) is 1. The predicted molar refractivity (Wildman–Crippen MR) is 56.1 cm³/mol. The smallest absolute Gasteiger partial charge is 0.305 e. The van der Waals surface area contributed by atoms with E-state index in [-0.39, 0.29) is 12.2 Å². The first-order valence-corrected chi connectivity index (χ1v) is 6.47. The van der Waals surface area contributed by atoms with Gasteiger partial charge in [0.05, 0.1) is 23.6 Å². The molecular formula is C9H15NO5S. The number of rotatable bonds is 3. The third-order valence-electron chi connectivity index (χ3n) is 2.49. The van der Waals surface area contributed by atoms with Crippen molar-refractivity contribution in [2.45, 2.75) is 33.2 Å². The molecule has 1 saturated heterocycles. The molecule has 0 saturated carbocycles. The number of sulfonamides is 1. The van der Waals surface area contributed by atoms with Crippen molar-refractivity contribution in [3.63, 3.8) is 0 Å². The highest BCUT2D eigenvalue weighted by molar-refractivity contribution is 7.90. The third-order valence-corrected chi connectivity index (χ3v) is 4.70. The molecule has 0 aromatic heterocycles. The standard InChI is InChI=1S/C9H15NO5S/c1-6(4-7(11)12)10-8(13)9(2,3)5-16(10,14)15/h6H,4-5H2,1-3H3,(H,11,12). The summed E-state index contributed by atoms with van der Waals surface area (Å²) in [7, 11) is -3.67. The van der Waals surface area contributed by atoms with Crippen LogP contribution in [0, 0.1) is 5.41 Å². The van der Waals surface area contributed by atoms with Gasteiger partial charge in [-0.3, -0.25) is 9.59 Å². The fraction of sp³-hybridized carbons (Fsp3) is 0.778. The first-order chi connectivity index (χ1) is 7.08. The van der Waals surface area contributed by atoms with E-state index in [1.54, 1.807) is 13.8 Å². The summed E-state index contributed by atoms with van der Waals surface area (Å²) in [5.41, 5.74) is -0.967. The molecule has 1 aliphatic rings. The van der Waals surface area contributed by atoms with Crippen LogP contribution in [0.5, 0.6) is 0 Å². The molecule has 0 radical (unpaired) electrons. The van der Waals surface area contributed by atoms with Crippen molar-refractivity contribution < 1.29 is 23.1 Å². The Labute approximate surface area is 94.3 Å². The van der Waals surface area contributed by atoms with E-state index in [2.05, 4.69) is 0 Å². The van der Waals surface area contributed by atoms with Crippen LogP contribution in [0.25, 0.3) is 0 Å². The quantitative estimate of drug-likeness (QED) is 0.763. The SMILES string of the molecule is CC(CC(=O)O)N1C(=O)C(C)(C)CS1(=O)=O. The number of carbonyl (C=O) groups is 2. The summed E-state index contributed by atoms with van der Waals surface area (Å²) in [6, 6.07) is -0.836. The van der Waals surface area contributed by atoms with Crippen LogP contribution >= 0.6 is 0 Å². The van der Waals surface area contributed by atoms with Gasteiger partial charge in [0, 0.05) is 0 Å². The van der Waals surface area contributed by atoms with Gasteiger partial charge in [-0.05, 0) is 20.8 Å². The molecule has 0 bridgehead atoms. The van der Waals surface area contributed by atoms with Gasteiger partial charge in [0.2, 0.25) is 15.9 Å². The van der Waals surface area contributed by atoms with Crippen LogP contribution in [0.3, 0.4) is 0 Å². The Morgan fingerprint density at radius 3 is 2.38 bits per heavy atom. The van der Waals surface area contributed by atoms with Gasteiger partial charge in [0.15, 0.2) is 0 Å². The van der Waals surface area contributed by atoms with E-state index in [0.717, 1.165) is 0 Å². The van der Waals surface area contributed by atoms with Gasteiger partial charge in [-0.1, -0.05) is 0 Å². The van der Waals surface area contributed by atoms with Gasteiger partial charge >= 0.3 is 5.97 Å². The van der Waals surface area contributed by atoms with Gasteiger partial charge in [-0.15, -0.1) is 0 Å². The fourth-order valence-corrected chi connectivity index (χ4v) is 4.12. The van der Waals surface area contributed by atoms with E-state index < -0.39 is 33.4 Å². The molecule has 1 N–H and O–H groups in total. The molecular weight excluding hydrogens is 234 g/mol. The van der Waals surface area contributed by atoms with E-state index in [1.165, 1.54) is 6.92 Å². The maximum Gasteiger partial charge on any atom is 0.305 e. The molecule has 1 atom stereocenters. The first kappa shape index (κ1) is 13.0. The summed E-state index contributed by atoms with van der Waals surface area (Å²) >= 11 is 0. The van der Waals surface area contributed by atoms with Crippen molar-refractivity contribution >= 4 is 21.9 Å². The zero-order valence-corrected chi connectivity index (χ0v) is 10.2. The van der Waals surface area contributed by atoms with E-state index in [0.29, 0.717) is 4.31 Å². The summed E-state index contributed by atoms with van der Waals surface area (Å²) in [6.07, 6.45) is -0.374. The van der Waals surface area contributed by atoms with Crippen molar-refractivity contribution in [3.8, 4) is 0 Å². The van der Waals surface area contributed by atoms with Crippen molar-refractivity contribution in [3.05, 3.63) is 0 Å². The largest absolute Gasteiger partial charge is 0.481 e. The highest BCUT2D eigenvalue weighted by Crippen LogP contribution is 2.33. The molecule has 6 nitrogen and oxygen atoms in total. The van der Waals surface area contributed by atoms with Crippen LogP contribution in [0.1, 0.15) is 27.2 Å². The summed E-state index contributed by atoms with van der Waals surface area (Å²) < 4.78 is 24.2. The van der Waals surface area contributed by atoms with Crippen LogP contribution in [0.4, 0.5) is 0 Å². The minimum absolute atomic E-state index is 0.261. The van der Waals surface area contributed by atoms with Crippen LogP contribution in [-0.2, 0) is 19.6 Å². The van der Waals surface area contributed by atoms with E-state index in [4.69, 9.17) is 5.11 Å². The number of carboxylic acids is 1. The van der Waals surface area contributed by atoms with Crippen LogP contribution < -0.4 is 0 Å². The predicted octanol–water partition coefficient (Wildman–Crippen LogP) is 0.0478. The number of hydrogen-bond acceptors (Lipinski definition) is 4. The lowest BCUT2D eigenvalue weighted by Crippen LogP contribution is -2.40. The summed E-state index contributed by atoms with van der Waals surface area (Å²) in [5, 5.41) is 8.60. The summed E-state index contributed by atoms with van der Waals surface area (Å²) in [5.74, 6) is -1.91. The van der Waals surface area contributed by atoms with E-state index in [1.807, 2.05) is 0 Å². The lowest BCUT2D eigenvalue weighted by molar-refractivity contribution is -0.139. The van der Waals surface area contributed by atoms with Gasteiger partial charge in [-0.2, -0.15) is 0 Å². The zero-order chi connectivity index (χ0) is 12.7. The molecule has 1 rings (SSSR count). The fourth-order valence-electron chi connectivity index (χ4n) is 1.82. The topological polar surface area (TPSA) is 91.8 Å². The highest BCUT2D eigenvalue weighted by Gasteiger charge is 2.51. The molecule has 16 heavy (non-hydrogen) atoms. The Morgan fingerprint density at radius 1 is 1.56 bits per heavy atom. The highest BCUT2D eigenvalue weighted by atomic mass is 32.2. The van der Waals surface area contributed by atoms with Gasteiger partial charge in [-0.25, -0.2) is 12.7 Å². The maximum absolute atomic E-state index is 11.8. The summed E-state index contributed by atoms with van der Waals surface area (Å²) in [6.45, 7) is 4.51. The monoisotopic (exact) mass is 249 g/mol. The normalized spacial score (nSPS) is 24.4. The van der Waals surface area contributed by atoms with Crippen molar-refractivity contribution in [2.75, 3.05) is 5.75 Å². The van der Waals surface area contributed by atoms with E-state index >= 15 is 0 Å². The second-order valence-corrected chi connectivity index (χ2v) is 6.53. The van der Waals surface area contributed by atoms with Gasteiger partial charge < -0.3 is 5.11 Å². The van der Waals surface area contributed by atoms with Crippen LogP contribution in [-0.4, -0.2) is 41.5 Å². The summed E-state index contributed by atoms with van der Waals surface area (Å²) in [4.78, 5) is 22.3. The second-order valence-electron chi connectivity index (χ2n) is 4.69. The Kier molecular flexibility index (Phi) is 3.02. The van der Waals surface area contributed by atoms with Gasteiger partial charge in [0.25, 0.3) is 0 Å². The minimum Gasteiger partial charge on any atom is -0.481 e.